The molecule has 0 aliphatic rings. The minimum atomic E-state index is -0.101. The Morgan fingerprint density at radius 1 is 1.08 bits per heavy atom. The molecule has 7 nitrogen and oxygen atoms in total. The minimum Gasteiger partial charge on any atom is -0.461 e. The molecule has 1 aromatic carbocycles. The third kappa shape index (κ3) is 3.36. The van der Waals surface area contributed by atoms with Crippen LogP contribution in [0.4, 0.5) is 0 Å². The van der Waals surface area contributed by atoms with E-state index in [-0.39, 0.29) is 6.04 Å². The third-order valence-corrected chi connectivity index (χ3v) is 3.72. The van der Waals surface area contributed by atoms with E-state index in [0.29, 0.717) is 29.9 Å². The molecule has 0 aliphatic heterocycles. The second kappa shape index (κ2) is 6.74. The van der Waals surface area contributed by atoms with Gasteiger partial charge in [0.25, 0.3) is 0 Å². The van der Waals surface area contributed by atoms with Gasteiger partial charge < -0.3 is 13.4 Å². The lowest BCUT2D eigenvalue weighted by atomic mass is 10.2. The fourth-order valence-corrected chi connectivity index (χ4v) is 2.38. The summed E-state index contributed by atoms with van der Waals surface area (Å²) in [6.45, 7) is 2.36. The van der Waals surface area contributed by atoms with Crippen molar-refractivity contribution in [1.29, 1.82) is 0 Å². The molecule has 4 aromatic rings. The SMILES string of the molecule is C[C@H](NCc1nc(-c2ccco2)no1)c1ncc(-c2ccccc2)o1. The second-order valence-corrected chi connectivity index (χ2v) is 5.52. The zero-order valence-corrected chi connectivity index (χ0v) is 13.5. The molecule has 0 unspecified atom stereocenters. The predicted molar refractivity (Wildman–Crippen MR) is 89.2 cm³/mol. The molecule has 0 spiro atoms. The summed E-state index contributed by atoms with van der Waals surface area (Å²) in [4.78, 5) is 8.63. The fourth-order valence-electron chi connectivity index (χ4n) is 2.38. The van der Waals surface area contributed by atoms with Gasteiger partial charge in [-0.25, -0.2) is 4.98 Å². The van der Waals surface area contributed by atoms with Crippen LogP contribution in [0.5, 0.6) is 0 Å². The van der Waals surface area contributed by atoms with E-state index >= 15 is 0 Å². The molecule has 1 N–H and O–H groups in total. The molecule has 0 saturated carbocycles. The molecule has 3 aromatic heterocycles. The Morgan fingerprint density at radius 3 is 2.76 bits per heavy atom. The van der Waals surface area contributed by atoms with E-state index in [0.717, 1.165) is 11.3 Å². The Morgan fingerprint density at radius 2 is 1.96 bits per heavy atom. The Bertz CT molecular complexity index is 928. The van der Waals surface area contributed by atoms with Gasteiger partial charge in [0, 0.05) is 5.56 Å². The van der Waals surface area contributed by atoms with E-state index in [1.165, 1.54) is 0 Å². The lowest BCUT2D eigenvalue weighted by Crippen LogP contribution is -2.18. The second-order valence-electron chi connectivity index (χ2n) is 5.52. The van der Waals surface area contributed by atoms with E-state index in [9.17, 15) is 0 Å². The Kier molecular flexibility index (Phi) is 4.14. The highest BCUT2D eigenvalue weighted by Crippen LogP contribution is 2.23. The first-order valence-corrected chi connectivity index (χ1v) is 7.90. The van der Waals surface area contributed by atoms with Crippen LogP contribution in [0, 0.1) is 0 Å². The molecule has 0 bridgehead atoms. The average Bonchev–Trinajstić information content (AvgIpc) is 3.41. The van der Waals surface area contributed by atoms with Crippen molar-refractivity contribution in [3.05, 3.63) is 66.7 Å². The molecule has 0 radical (unpaired) electrons. The van der Waals surface area contributed by atoms with Gasteiger partial charge >= 0.3 is 0 Å². The lowest BCUT2D eigenvalue weighted by molar-refractivity contribution is 0.347. The largest absolute Gasteiger partial charge is 0.461 e. The summed E-state index contributed by atoms with van der Waals surface area (Å²) in [5.74, 6) is 2.81. The fraction of sp³-hybridized carbons (Fsp3) is 0.167. The number of aromatic nitrogens is 3. The van der Waals surface area contributed by atoms with Gasteiger partial charge in [0.2, 0.25) is 17.6 Å². The summed E-state index contributed by atoms with van der Waals surface area (Å²) < 4.78 is 16.3. The average molecular weight is 336 g/mol. The topological polar surface area (TPSA) is 90.1 Å². The van der Waals surface area contributed by atoms with Gasteiger partial charge in [0.1, 0.15) is 0 Å². The quantitative estimate of drug-likeness (QED) is 0.572. The van der Waals surface area contributed by atoms with E-state index in [1.807, 2.05) is 37.3 Å². The molecule has 0 fully saturated rings. The van der Waals surface area contributed by atoms with Crippen molar-refractivity contribution in [2.24, 2.45) is 0 Å². The summed E-state index contributed by atoms with van der Waals surface area (Å²) >= 11 is 0. The van der Waals surface area contributed by atoms with Crippen molar-refractivity contribution in [3.8, 4) is 22.9 Å². The molecule has 4 rings (SSSR count). The van der Waals surface area contributed by atoms with Crippen LogP contribution in [-0.2, 0) is 6.54 Å². The number of nitrogens with one attached hydrogen (secondary N) is 1. The first-order valence-electron chi connectivity index (χ1n) is 7.90. The number of rotatable bonds is 6. The molecular weight excluding hydrogens is 320 g/mol. The summed E-state index contributed by atoms with van der Waals surface area (Å²) in [5.41, 5.74) is 0.994. The first-order chi connectivity index (χ1) is 12.3. The lowest BCUT2D eigenvalue weighted by Gasteiger charge is -2.07. The molecule has 0 aliphatic carbocycles. The molecule has 25 heavy (non-hydrogen) atoms. The van der Waals surface area contributed by atoms with Crippen LogP contribution in [0.1, 0.15) is 24.7 Å². The zero-order valence-electron chi connectivity index (χ0n) is 13.5. The minimum absolute atomic E-state index is 0.101. The van der Waals surface area contributed by atoms with Crippen molar-refractivity contribution in [3.63, 3.8) is 0 Å². The van der Waals surface area contributed by atoms with Gasteiger partial charge in [-0.2, -0.15) is 4.98 Å². The van der Waals surface area contributed by atoms with Crippen molar-refractivity contribution >= 4 is 0 Å². The number of nitrogens with zero attached hydrogens (tertiary/aromatic N) is 3. The summed E-state index contributed by atoms with van der Waals surface area (Å²) in [6, 6.07) is 13.3. The monoisotopic (exact) mass is 336 g/mol. The number of hydrogen-bond acceptors (Lipinski definition) is 7. The Hall–Kier alpha value is -3.19. The standard InChI is InChI=1S/C18H16N4O3/c1-12(18-20-10-15(24-18)13-6-3-2-4-7-13)19-11-16-21-17(22-25-16)14-8-5-9-23-14/h2-10,12,19H,11H2,1H3/t12-/m0/s1. The summed E-state index contributed by atoms with van der Waals surface area (Å²) in [5, 5.41) is 7.15. The number of oxazole rings is 1. The number of furan rings is 1. The maximum absolute atomic E-state index is 5.83. The molecule has 0 amide bonds. The number of benzene rings is 1. The molecule has 126 valence electrons. The van der Waals surface area contributed by atoms with Crippen molar-refractivity contribution in [2.75, 3.05) is 0 Å². The summed E-state index contributed by atoms with van der Waals surface area (Å²) in [6.07, 6.45) is 3.29. The van der Waals surface area contributed by atoms with Gasteiger partial charge in [-0.15, -0.1) is 0 Å². The highest BCUT2D eigenvalue weighted by molar-refractivity contribution is 5.55. The van der Waals surface area contributed by atoms with Crippen molar-refractivity contribution < 1.29 is 13.4 Å². The van der Waals surface area contributed by atoms with Gasteiger partial charge in [-0.05, 0) is 19.1 Å². The normalized spacial score (nSPS) is 12.4. The van der Waals surface area contributed by atoms with E-state index in [1.54, 1.807) is 24.6 Å². The van der Waals surface area contributed by atoms with Gasteiger partial charge in [-0.1, -0.05) is 35.5 Å². The van der Waals surface area contributed by atoms with Crippen LogP contribution in [0.3, 0.4) is 0 Å². The molecule has 7 heteroatoms. The van der Waals surface area contributed by atoms with Gasteiger partial charge in [-0.3, -0.25) is 5.32 Å². The van der Waals surface area contributed by atoms with Crippen LogP contribution < -0.4 is 5.32 Å². The van der Waals surface area contributed by atoms with Crippen LogP contribution in [-0.4, -0.2) is 15.1 Å². The van der Waals surface area contributed by atoms with Crippen molar-refractivity contribution in [1.82, 2.24) is 20.4 Å². The molecule has 1 atom stereocenters. The van der Waals surface area contributed by atoms with E-state index < -0.39 is 0 Å². The van der Waals surface area contributed by atoms with E-state index in [4.69, 9.17) is 13.4 Å². The third-order valence-electron chi connectivity index (χ3n) is 3.72. The van der Waals surface area contributed by atoms with Crippen LogP contribution in [0.25, 0.3) is 22.9 Å². The van der Waals surface area contributed by atoms with Gasteiger partial charge in [0.15, 0.2) is 11.5 Å². The molecule has 0 saturated heterocycles. The Balaban J connectivity index is 1.39. The molecule has 3 heterocycles. The van der Waals surface area contributed by atoms with Crippen molar-refractivity contribution in [2.45, 2.75) is 19.5 Å². The Labute approximate surface area is 143 Å². The zero-order chi connectivity index (χ0) is 17.1. The van der Waals surface area contributed by atoms with E-state index in [2.05, 4.69) is 20.4 Å². The summed E-state index contributed by atoms with van der Waals surface area (Å²) in [7, 11) is 0. The smallest absolute Gasteiger partial charge is 0.241 e. The van der Waals surface area contributed by atoms with Crippen LogP contribution >= 0.6 is 0 Å². The molecular formula is C18H16N4O3. The first kappa shape index (κ1) is 15.3. The van der Waals surface area contributed by atoms with Gasteiger partial charge in [0.05, 0.1) is 25.0 Å². The van der Waals surface area contributed by atoms with Crippen LogP contribution in [0.2, 0.25) is 0 Å². The predicted octanol–water partition coefficient (Wildman–Crippen LogP) is 3.84. The maximum atomic E-state index is 5.83. The number of hydrogen-bond donors (Lipinski definition) is 1. The maximum Gasteiger partial charge on any atom is 0.241 e. The highest BCUT2D eigenvalue weighted by atomic mass is 16.5. The highest BCUT2D eigenvalue weighted by Gasteiger charge is 2.15. The van der Waals surface area contributed by atoms with Crippen LogP contribution in [0.15, 0.2) is 68.3 Å².